The molecule has 0 aliphatic heterocycles. The van der Waals surface area contributed by atoms with E-state index in [0.29, 0.717) is 0 Å². The van der Waals surface area contributed by atoms with Gasteiger partial charge in [0, 0.05) is 12.5 Å². The molecule has 0 aromatic heterocycles. The smallest absolute Gasteiger partial charge is 0.477 e. The Morgan fingerprint density at radius 3 is 1.71 bits per heavy atom. The van der Waals surface area contributed by atoms with Crippen LogP contribution in [0.1, 0.15) is 81.7 Å². The van der Waals surface area contributed by atoms with Crippen molar-refractivity contribution < 1.29 is 52.7 Å². The van der Waals surface area contributed by atoms with Crippen LogP contribution in [0.2, 0.25) is 0 Å². The van der Waals surface area contributed by atoms with E-state index < -0.39 is 48.7 Å². The van der Waals surface area contributed by atoms with Crippen molar-refractivity contribution in [3.63, 3.8) is 0 Å². The summed E-state index contributed by atoms with van der Waals surface area (Å²) < 4.78 is 31.6. The first-order valence-electron chi connectivity index (χ1n) is 13.9. The lowest BCUT2D eigenvalue weighted by Crippen LogP contribution is -2.59. The second kappa shape index (κ2) is 15.1. The Morgan fingerprint density at radius 2 is 1.29 bits per heavy atom. The van der Waals surface area contributed by atoms with Crippen LogP contribution in [0, 0.1) is 16.7 Å². The highest BCUT2D eigenvalue weighted by Crippen LogP contribution is 2.32. The van der Waals surface area contributed by atoms with E-state index in [1.54, 1.807) is 20.8 Å². The van der Waals surface area contributed by atoms with Crippen molar-refractivity contribution in [1.29, 1.82) is 0 Å². The van der Waals surface area contributed by atoms with Gasteiger partial charge in [-0.25, -0.2) is 19.2 Å². The van der Waals surface area contributed by atoms with Crippen LogP contribution < -0.4 is 14.8 Å². The molecule has 2 atom stereocenters. The molecule has 0 amide bonds. The predicted molar refractivity (Wildman–Crippen MR) is 154 cm³/mol. The summed E-state index contributed by atoms with van der Waals surface area (Å²) in [6.07, 6.45) is -4.21. The van der Waals surface area contributed by atoms with Gasteiger partial charge < -0.3 is 33.5 Å². The van der Waals surface area contributed by atoms with Crippen LogP contribution in [0.5, 0.6) is 11.5 Å². The Labute approximate surface area is 248 Å². The van der Waals surface area contributed by atoms with Gasteiger partial charge in [-0.3, -0.25) is 5.32 Å². The quantitative estimate of drug-likeness (QED) is 0.120. The summed E-state index contributed by atoms with van der Waals surface area (Å²) in [6, 6.07) is 3.60. The molecule has 238 valence electrons. The fraction of sp³-hybridized carbons (Fsp3) is 0.667. The Kier molecular flexibility index (Phi) is 13.1. The molecule has 0 aliphatic rings. The number of nitrogens with one attached hydrogen (secondary N) is 1. The van der Waals surface area contributed by atoms with E-state index in [4.69, 9.17) is 28.4 Å². The molecule has 42 heavy (non-hydrogen) atoms. The van der Waals surface area contributed by atoms with Gasteiger partial charge in [-0.2, -0.15) is 0 Å². The lowest BCUT2D eigenvalue weighted by molar-refractivity contribution is -0.168. The maximum absolute atomic E-state index is 12.6. The van der Waals surface area contributed by atoms with E-state index >= 15 is 0 Å². The van der Waals surface area contributed by atoms with Gasteiger partial charge in [-0.05, 0) is 55.2 Å². The third kappa shape index (κ3) is 13.4. The van der Waals surface area contributed by atoms with Gasteiger partial charge in [0.1, 0.15) is 6.10 Å². The Balaban J connectivity index is 3.42. The average molecular weight is 598 g/mol. The molecular weight excluding hydrogens is 550 g/mol. The van der Waals surface area contributed by atoms with E-state index in [9.17, 15) is 24.3 Å². The van der Waals surface area contributed by atoms with Crippen LogP contribution in [0.4, 0.5) is 14.4 Å². The van der Waals surface area contributed by atoms with Gasteiger partial charge in [-0.1, -0.05) is 61.5 Å². The van der Waals surface area contributed by atoms with E-state index in [1.807, 2.05) is 55.4 Å². The molecular formula is C30H47NO11. The molecule has 0 heterocycles. The summed E-state index contributed by atoms with van der Waals surface area (Å²) in [6.45, 7) is 20.0. The first-order valence-corrected chi connectivity index (χ1v) is 13.9. The second-order valence-electron chi connectivity index (χ2n) is 13.2. The topological polar surface area (TPSA) is 156 Å². The highest BCUT2D eigenvalue weighted by molar-refractivity contribution is 5.80. The van der Waals surface area contributed by atoms with Crippen molar-refractivity contribution >= 4 is 24.4 Å². The molecule has 0 fully saturated rings. The van der Waals surface area contributed by atoms with Gasteiger partial charge in [-0.15, -0.1) is 0 Å². The molecule has 2 N–H and O–H groups in total. The number of carbonyl (C=O) groups is 4. The minimum atomic E-state index is -2.25. The second-order valence-corrected chi connectivity index (χ2v) is 13.2. The van der Waals surface area contributed by atoms with Crippen molar-refractivity contribution in [2.24, 2.45) is 16.7 Å². The van der Waals surface area contributed by atoms with Crippen LogP contribution in [-0.4, -0.2) is 60.6 Å². The summed E-state index contributed by atoms with van der Waals surface area (Å²) in [5.41, 5.74) is -2.67. The Bertz CT molecular complexity index is 1090. The van der Waals surface area contributed by atoms with Crippen LogP contribution in [0.25, 0.3) is 0 Å². The molecule has 0 radical (unpaired) electrons. The predicted octanol–water partition coefficient (Wildman–Crippen LogP) is 6.33. The van der Waals surface area contributed by atoms with Gasteiger partial charge in [0.15, 0.2) is 11.5 Å². The molecule has 12 nitrogen and oxygen atoms in total. The maximum atomic E-state index is 12.6. The van der Waals surface area contributed by atoms with Gasteiger partial charge in [0.05, 0.1) is 13.2 Å². The average Bonchev–Trinajstić information content (AvgIpc) is 2.81. The van der Waals surface area contributed by atoms with Crippen LogP contribution in [-0.2, 0) is 30.2 Å². The van der Waals surface area contributed by atoms with Crippen molar-refractivity contribution in [3.8, 4) is 11.5 Å². The summed E-state index contributed by atoms with van der Waals surface area (Å²) in [4.78, 5) is 50.0. The molecule has 1 unspecified atom stereocenters. The number of hydrogen-bond donors (Lipinski definition) is 2. The number of ether oxygens (including phenoxy) is 6. The fourth-order valence-electron chi connectivity index (χ4n) is 3.12. The Morgan fingerprint density at radius 1 is 0.786 bits per heavy atom. The number of benzene rings is 1. The lowest BCUT2D eigenvalue weighted by Gasteiger charge is -2.32. The van der Waals surface area contributed by atoms with Crippen LogP contribution >= 0.6 is 0 Å². The van der Waals surface area contributed by atoms with E-state index in [0.717, 1.165) is 0 Å². The third-order valence-corrected chi connectivity index (χ3v) is 5.44. The van der Waals surface area contributed by atoms with E-state index in [-0.39, 0.29) is 47.0 Å². The minimum Gasteiger partial charge on any atom is -0.477 e. The van der Waals surface area contributed by atoms with Gasteiger partial charge >= 0.3 is 24.4 Å². The largest absolute Gasteiger partial charge is 0.513 e. The zero-order chi connectivity index (χ0) is 32.5. The summed E-state index contributed by atoms with van der Waals surface area (Å²) >= 11 is 0. The maximum Gasteiger partial charge on any atom is 0.513 e. The fourth-order valence-corrected chi connectivity index (χ4v) is 3.12. The summed E-state index contributed by atoms with van der Waals surface area (Å²) in [5, 5.41) is 13.0. The molecule has 1 rings (SSSR count). The highest BCUT2D eigenvalue weighted by atomic mass is 16.8. The number of hydrogen-bond acceptors (Lipinski definition) is 11. The van der Waals surface area contributed by atoms with Crippen molar-refractivity contribution in [1.82, 2.24) is 5.32 Å². The Hall–Kier alpha value is -3.54. The van der Waals surface area contributed by atoms with Gasteiger partial charge in [0.25, 0.3) is 5.72 Å². The molecule has 1 aromatic carbocycles. The molecule has 0 bridgehead atoms. The van der Waals surface area contributed by atoms with Crippen molar-refractivity contribution in [2.45, 2.75) is 100 Å². The van der Waals surface area contributed by atoms with E-state index in [1.165, 1.54) is 18.2 Å². The lowest BCUT2D eigenvalue weighted by atomic mass is 9.99. The first kappa shape index (κ1) is 36.5. The normalized spacial score (nSPS) is 14.0. The monoisotopic (exact) mass is 597 g/mol. The molecule has 12 heteroatoms. The SMILES string of the molecule is CC(C)N[C@@](Cc1ccc(OC(=O)OCC(C)(C)C)c(OC(=O)OCC(C)(C)C)c1)(OC(=O)OC(C)C(C)C)C(=O)O. The van der Waals surface area contributed by atoms with Gasteiger partial charge in [0.2, 0.25) is 0 Å². The number of carbonyl (C=O) groups excluding carboxylic acids is 3. The van der Waals surface area contributed by atoms with Crippen molar-refractivity contribution in [3.05, 3.63) is 23.8 Å². The first-order chi connectivity index (χ1) is 19.1. The molecule has 0 saturated carbocycles. The molecule has 0 spiro atoms. The summed E-state index contributed by atoms with van der Waals surface area (Å²) in [7, 11) is 0. The standard InChI is InChI=1S/C30H47NO11/c1-18(2)20(5)39-27(36)42-30(24(32)33,31-19(3)4)15-21-12-13-22(40-25(34)37-16-28(6,7)8)23(14-21)41-26(35)38-17-29(9,10)11/h12-14,18-20,31H,15-17H2,1-11H3,(H,32,33)/t20?,30-/m0/s1. The summed E-state index contributed by atoms with van der Waals surface area (Å²) in [5.74, 6) is -1.92. The number of aliphatic carboxylic acids is 1. The van der Waals surface area contributed by atoms with Crippen LogP contribution in [0.15, 0.2) is 18.2 Å². The minimum absolute atomic E-state index is 0.0322. The number of carboxylic acids is 1. The van der Waals surface area contributed by atoms with Crippen LogP contribution in [0.3, 0.4) is 0 Å². The molecule has 0 saturated heterocycles. The third-order valence-electron chi connectivity index (χ3n) is 5.44. The number of rotatable bonds is 12. The highest BCUT2D eigenvalue weighted by Gasteiger charge is 2.45. The molecule has 0 aliphatic carbocycles. The molecule has 1 aromatic rings. The zero-order valence-electron chi connectivity index (χ0n) is 26.6. The zero-order valence-corrected chi connectivity index (χ0v) is 26.6. The van der Waals surface area contributed by atoms with Crippen molar-refractivity contribution in [2.75, 3.05) is 13.2 Å². The number of carboxylic acid groups (broad SMARTS) is 1. The van der Waals surface area contributed by atoms with E-state index in [2.05, 4.69) is 5.32 Å².